The standard InChI is InChI=1S/C27H27N3O3S/c31-24(29-14-5-4-12-23(29)20-8-6-13-28-18-20)16-27(21-9-2-1-3-10-21)17-25(32)30(26(27)33)19-22-11-7-15-34-22/h1-3,6-11,13,15,18,23H,4-5,12,14,16-17,19H2. The van der Waals surface area contributed by atoms with Gasteiger partial charge in [-0.1, -0.05) is 42.5 Å². The molecule has 2 unspecified atom stereocenters. The van der Waals surface area contributed by atoms with E-state index in [1.807, 2.05) is 71.1 Å². The number of nitrogens with zero attached hydrogens (tertiary/aromatic N) is 3. The number of carbonyl (C=O) groups is 3. The second-order valence-corrected chi connectivity index (χ2v) is 10.1. The molecular formula is C27H27N3O3S. The molecule has 174 valence electrons. The van der Waals surface area contributed by atoms with Gasteiger partial charge in [-0.2, -0.15) is 0 Å². The fraction of sp³-hybridized carbons (Fsp3) is 0.333. The zero-order valence-electron chi connectivity index (χ0n) is 18.9. The summed E-state index contributed by atoms with van der Waals surface area (Å²) < 4.78 is 0. The number of thiophene rings is 1. The van der Waals surface area contributed by atoms with Crippen molar-refractivity contribution in [3.05, 3.63) is 88.4 Å². The summed E-state index contributed by atoms with van der Waals surface area (Å²) in [5, 5.41) is 1.93. The molecule has 0 bridgehead atoms. The van der Waals surface area contributed by atoms with E-state index < -0.39 is 5.41 Å². The molecule has 2 aromatic heterocycles. The fourth-order valence-corrected chi connectivity index (χ4v) is 5.94. The minimum absolute atomic E-state index is 0.0123. The second-order valence-electron chi connectivity index (χ2n) is 9.05. The summed E-state index contributed by atoms with van der Waals surface area (Å²) in [6, 6.07) is 17.0. The van der Waals surface area contributed by atoms with Crippen LogP contribution >= 0.6 is 11.3 Å². The lowest BCUT2D eigenvalue weighted by Crippen LogP contribution is -2.45. The van der Waals surface area contributed by atoms with Crippen molar-refractivity contribution in [1.82, 2.24) is 14.8 Å². The van der Waals surface area contributed by atoms with Crippen LogP contribution < -0.4 is 0 Å². The van der Waals surface area contributed by atoms with E-state index in [1.54, 1.807) is 6.20 Å². The van der Waals surface area contributed by atoms with Crippen LogP contribution in [0, 0.1) is 0 Å². The molecule has 6 nitrogen and oxygen atoms in total. The van der Waals surface area contributed by atoms with Gasteiger partial charge in [0.2, 0.25) is 17.7 Å². The Balaban J connectivity index is 1.47. The highest BCUT2D eigenvalue weighted by atomic mass is 32.1. The molecular weight excluding hydrogens is 446 g/mol. The van der Waals surface area contributed by atoms with E-state index in [2.05, 4.69) is 4.98 Å². The van der Waals surface area contributed by atoms with Gasteiger partial charge in [0.05, 0.1) is 18.0 Å². The first-order valence-corrected chi connectivity index (χ1v) is 12.6. The summed E-state index contributed by atoms with van der Waals surface area (Å²) in [5.74, 6) is -0.588. The molecule has 2 atom stereocenters. The number of piperidine rings is 1. The zero-order chi connectivity index (χ0) is 23.5. The third kappa shape index (κ3) is 4.16. The lowest BCUT2D eigenvalue weighted by atomic mass is 9.75. The van der Waals surface area contributed by atoms with Gasteiger partial charge in [-0.3, -0.25) is 24.3 Å². The average Bonchev–Trinajstić information content (AvgIpc) is 3.48. The highest BCUT2D eigenvalue weighted by Crippen LogP contribution is 2.42. The predicted molar refractivity (Wildman–Crippen MR) is 130 cm³/mol. The van der Waals surface area contributed by atoms with E-state index in [1.165, 1.54) is 16.2 Å². The number of amides is 3. The Labute approximate surface area is 203 Å². The highest BCUT2D eigenvalue weighted by Gasteiger charge is 2.54. The van der Waals surface area contributed by atoms with Crippen LogP contribution in [-0.4, -0.2) is 39.1 Å². The van der Waals surface area contributed by atoms with Crippen molar-refractivity contribution in [2.24, 2.45) is 0 Å². The van der Waals surface area contributed by atoms with Crippen LogP contribution in [0.25, 0.3) is 0 Å². The van der Waals surface area contributed by atoms with Crippen molar-refractivity contribution in [2.45, 2.75) is 50.1 Å². The van der Waals surface area contributed by atoms with E-state index in [0.717, 1.165) is 35.3 Å². The molecule has 0 N–H and O–H groups in total. The highest BCUT2D eigenvalue weighted by molar-refractivity contribution is 7.09. The normalized spacial score (nSPS) is 22.9. The van der Waals surface area contributed by atoms with E-state index in [4.69, 9.17) is 0 Å². The Morgan fingerprint density at radius 3 is 2.65 bits per heavy atom. The number of rotatable bonds is 6. The van der Waals surface area contributed by atoms with Gasteiger partial charge in [0.1, 0.15) is 0 Å². The number of pyridine rings is 1. The lowest BCUT2D eigenvalue weighted by Gasteiger charge is -2.38. The third-order valence-electron chi connectivity index (χ3n) is 6.97. The van der Waals surface area contributed by atoms with Crippen LogP contribution in [0.3, 0.4) is 0 Å². The summed E-state index contributed by atoms with van der Waals surface area (Å²) in [7, 11) is 0. The summed E-state index contributed by atoms with van der Waals surface area (Å²) >= 11 is 1.52. The van der Waals surface area contributed by atoms with E-state index >= 15 is 0 Å². The molecule has 0 saturated carbocycles. The molecule has 3 amide bonds. The van der Waals surface area contributed by atoms with Crippen LogP contribution in [0.2, 0.25) is 0 Å². The summed E-state index contributed by atoms with van der Waals surface area (Å²) in [5.41, 5.74) is 0.562. The number of likely N-dealkylation sites (tertiary alicyclic amines) is 2. The van der Waals surface area contributed by atoms with Gasteiger partial charge >= 0.3 is 0 Å². The van der Waals surface area contributed by atoms with E-state index in [-0.39, 0.29) is 43.1 Å². The predicted octanol–water partition coefficient (Wildman–Crippen LogP) is 4.48. The molecule has 1 aromatic carbocycles. The number of hydrogen-bond donors (Lipinski definition) is 0. The smallest absolute Gasteiger partial charge is 0.241 e. The molecule has 0 radical (unpaired) electrons. The molecule has 7 heteroatoms. The minimum Gasteiger partial charge on any atom is -0.336 e. The molecule has 2 aliphatic heterocycles. The molecule has 4 heterocycles. The zero-order valence-corrected chi connectivity index (χ0v) is 19.7. The maximum atomic E-state index is 13.9. The Bertz CT molecular complexity index is 1170. The van der Waals surface area contributed by atoms with Crippen LogP contribution in [0.4, 0.5) is 0 Å². The van der Waals surface area contributed by atoms with Gasteiger partial charge in [0, 0.05) is 36.7 Å². The molecule has 2 fully saturated rings. The number of hydrogen-bond acceptors (Lipinski definition) is 5. The molecule has 2 saturated heterocycles. The van der Waals surface area contributed by atoms with E-state index in [0.29, 0.717) is 6.54 Å². The Morgan fingerprint density at radius 1 is 1.06 bits per heavy atom. The monoisotopic (exact) mass is 473 g/mol. The molecule has 5 rings (SSSR count). The van der Waals surface area contributed by atoms with Gasteiger partial charge in [0.25, 0.3) is 0 Å². The lowest BCUT2D eigenvalue weighted by molar-refractivity contribution is -0.144. The van der Waals surface area contributed by atoms with Gasteiger partial charge in [-0.15, -0.1) is 11.3 Å². The number of benzene rings is 1. The Morgan fingerprint density at radius 2 is 1.91 bits per heavy atom. The van der Waals surface area contributed by atoms with Crippen molar-refractivity contribution >= 4 is 29.1 Å². The van der Waals surface area contributed by atoms with Gasteiger partial charge < -0.3 is 4.90 Å². The minimum atomic E-state index is -1.18. The van der Waals surface area contributed by atoms with Crippen molar-refractivity contribution in [3.63, 3.8) is 0 Å². The van der Waals surface area contributed by atoms with Crippen LogP contribution in [0.1, 0.15) is 54.1 Å². The maximum absolute atomic E-state index is 13.9. The van der Waals surface area contributed by atoms with Crippen LogP contribution in [-0.2, 0) is 26.3 Å². The van der Waals surface area contributed by atoms with Gasteiger partial charge in [-0.05, 0) is 47.9 Å². The molecule has 0 aliphatic carbocycles. The average molecular weight is 474 g/mol. The first kappa shape index (κ1) is 22.5. The second kappa shape index (κ2) is 9.50. The van der Waals surface area contributed by atoms with Crippen molar-refractivity contribution < 1.29 is 14.4 Å². The molecule has 2 aliphatic rings. The maximum Gasteiger partial charge on any atom is 0.241 e. The number of imide groups is 1. The SMILES string of the molecule is O=C1CC(CC(=O)N2CCCCC2c2cccnc2)(c2ccccc2)C(=O)N1Cc1cccs1. The number of carbonyl (C=O) groups excluding carboxylic acids is 3. The van der Waals surface area contributed by atoms with Gasteiger partial charge in [0.15, 0.2) is 0 Å². The quantitative estimate of drug-likeness (QED) is 0.495. The van der Waals surface area contributed by atoms with Crippen LogP contribution in [0.15, 0.2) is 72.4 Å². The fourth-order valence-electron chi connectivity index (χ4n) is 5.25. The Hall–Kier alpha value is -3.32. The Kier molecular flexibility index (Phi) is 6.28. The van der Waals surface area contributed by atoms with E-state index in [9.17, 15) is 14.4 Å². The molecule has 3 aromatic rings. The van der Waals surface area contributed by atoms with Crippen molar-refractivity contribution in [1.29, 1.82) is 0 Å². The molecule has 0 spiro atoms. The van der Waals surface area contributed by atoms with Crippen molar-refractivity contribution in [2.75, 3.05) is 6.54 Å². The van der Waals surface area contributed by atoms with Gasteiger partial charge in [-0.25, -0.2) is 0 Å². The van der Waals surface area contributed by atoms with Crippen molar-refractivity contribution in [3.8, 4) is 0 Å². The summed E-state index contributed by atoms with van der Waals surface area (Å²) in [6.45, 7) is 0.893. The third-order valence-corrected chi connectivity index (χ3v) is 7.84. The van der Waals surface area contributed by atoms with Crippen LogP contribution in [0.5, 0.6) is 0 Å². The molecule has 34 heavy (non-hydrogen) atoms. The largest absolute Gasteiger partial charge is 0.336 e. The first-order chi connectivity index (χ1) is 16.6. The number of aromatic nitrogens is 1. The topological polar surface area (TPSA) is 70.6 Å². The summed E-state index contributed by atoms with van der Waals surface area (Å²) in [6.07, 6.45) is 6.38. The summed E-state index contributed by atoms with van der Waals surface area (Å²) in [4.78, 5) is 49.2. The first-order valence-electron chi connectivity index (χ1n) is 11.7.